The van der Waals surface area contributed by atoms with Crippen molar-refractivity contribution in [2.24, 2.45) is 0 Å². The van der Waals surface area contributed by atoms with Gasteiger partial charge >= 0.3 is 34.1 Å². The van der Waals surface area contributed by atoms with Crippen molar-refractivity contribution in [3.8, 4) is 0 Å². The predicted octanol–water partition coefficient (Wildman–Crippen LogP) is -13.0. The maximum Gasteiger partial charge on any atom is 3.00 e. The van der Waals surface area contributed by atoms with Gasteiger partial charge in [0.25, 0.3) is 0 Å². The average molecular weight is 634 g/mol. The summed E-state index contributed by atoms with van der Waals surface area (Å²) in [6.07, 6.45) is 0. The van der Waals surface area contributed by atoms with E-state index < -0.39 is 35.8 Å². The molecule has 0 aromatic heterocycles. The van der Waals surface area contributed by atoms with Crippen LogP contribution in [-0.2, 0) is 62.9 Å². The van der Waals surface area contributed by atoms with E-state index in [2.05, 4.69) is 31.9 Å². The summed E-state index contributed by atoms with van der Waals surface area (Å²) in [6.45, 7) is 0.883. The monoisotopic (exact) mass is 634 g/mol. The van der Waals surface area contributed by atoms with Gasteiger partial charge in [-0.1, -0.05) is 0 Å². The van der Waals surface area contributed by atoms with Gasteiger partial charge in [0.15, 0.2) is 0 Å². The fraction of sp³-hybridized carbons (Fsp3) is 0.667. The van der Waals surface area contributed by atoms with Crippen molar-refractivity contribution in [3.05, 3.63) is 0 Å². The number of carboxylic acids is 6. The molecule has 0 unspecified atom stereocenters. The molecule has 2 radical (unpaired) electrons. The minimum atomic E-state index is -1.19. The molecule has 0 aliphatic rings. The Morgan fingerprint density at radius 1 is 0.316 bits per heavy atom. The molecule has 0 amide bonds. The van der Waals surface area contributed by atoms with Gasteiger partial charge in [0.2, 0.25) is 0 Å². The Bertz CT molecular complexity index is 522. The first kappa shape index (κ1) is 45.5. The minimum Gasteiger partial charge on any atom is -0.549 e. The van der Waals surface area contributed by atoms with E-state index in [1.165, 1.54) is 0 Å². The van der Waals surface area contributed by atoms with E-state index in [1.807, 2.05) is 0 Å². The molecular weight excluding hydrogens is 604 g/mol. The molecule has 0 saturated heterocycles. The van der Waals surface area contributed by atoms with Crippen LogP contribution in [0.3, 0.4) is 0 Å². The quantitative estimate of drug-likeness (QED) is 0.0504. The van der Waals surface area contributed by atoms with Crippen LogP contribution in [0, 0.1) is 0 Å². The molecule has 20 heteroatoms. The maximum absolute atomic E-state index is 9.84. The van der Waals surface area contributed by atoms with Gasteiger partial charge in [0.1, 0.15) is 0 Å². The Morgan fingerprint density at radius 2 is 0.421 bits per heavy atom. The Hall–Kier alpha value is -2.38. The number of hydrogen-bond donors (Lipinski definition) is 6. The molecule has 220 valence electrons. The van der Waals surface area contributed by atoms with Gasteiger partial charge in [-0.3, -0.25) is 0 Å². The first-order valence-electron chi connectivity index (χ1n) is 10.3. The molecule has 0 aliphatic carbocycles. The van der Waals surface area contributed by atoms with Crippen LogP contribution in [-0.4, -0.2) is 114 Å². The van der Waals surface area contributed by atoms with Crippen LogP contribution in [0.4, 0.5) is 0 Å². The summed E-state index contributed by atoms with van der Waals surface area (Å²) in [5.41, 5.74) is 0. The van der Waals surface area contributed by atoms with Gasteiger partial charge in [-0.05, 0) is 0 Å². The zero-order valence-electron chi connectivity index (χ0n) is 20.1. The molecule has 0 spiro atoms. The van der Waals surface area contributed by atoms with E-state index in [0.717, 1.165) is 0 Å². The maximum atomic E-state index is 9.84. The van der Waals surface area contributed by atoms with Gasteiger partial charge in [0.05, 0.1) is 35.8 Å². The normalized spacial score (nSPS) is 9.16. The number of carboxylic acid groups (broad SMARTS) is 6. The van der Waals surface area contributed by atoms with Gasteiger partial charge in [-0.15, -0.1) is 0 Å². The van der Waals surface area contributed by atoms with E-state index in [0.29, 0.717) is 39.3 Å². The number of rotatable bonds is 21. The Balaban J connectivity index is -0.000000140. The molecular formula is C18H30Fe2N6O12. The molecule has 0 rings (SSSR count). The molecule has 0 atom stereocenters. The predicted molar refractivity (Wildman–Crippen MR) is 107 cm³/mol. The van der Waals surface area contributed by atoms with Crippen LogP contribution >= 0.6 is 0 Å². The van der Waals surface area contributed by atoms with Crippen molar-refractivity contribution in [2.45, 2.75) is 0 Å². The second-order valence-corrected chi connectivity index (χ2v) is 6.29. The van der Waals surface area contributed by atoms with Gasteiger partial charge in [0, 0.05) is 78.5 Å². The molecule has 38 heavy (non-hydrogen) atoms. The minimum absolute atomic E-state index is 0. The summed E-state index contributed by atoms with van der Waals surface area (Å²) in [5, 5.41) is 74.2. The summed E-state index contributed by atoms with van der Waals surface area (Å²) in [4.78, 5) is 59.1. The van der Waals surface area contributed by atoms with Crippen LogP contribution in [0.1, 0.15) is 0 Å². The van der Waals surface area contributed by atoms with E-state index in [-0.39, 0.29) is 73.4 Å². The standard InChI is InChI=1S/3C6H12N2O4.2Fe/c3*9-5(10)3-7-1-2-8-4-6(11)12;;/h3*7-8H,1-4H2,(H,9,10)(H,11,12);;/q;;;2*+3/p-6. The fourth-order valence-electron chi connectivity index (χ4n) is 1.67. The van der Waals surface area contributed by atoms with Crippen LogP contribution in [0.2, 0.25) is 0 Å². The van der Waals surface area contributed by atoms with E-state index in [1.54, 1.807) is 0 Å². The fourth-order valence-corrected chi connectivity index (χ4v) is 1.67. The van der Waals surface area contributed by atoms with Crippen LogP contribution in [0.25, 0.3) is 0 Å². The van der Waals surface area contributed by atoms with E-state index >= 15 is 0 Å². The number of nitrogens with one attached hydrogen (secondary N) is 6. The molecule has 0 aromatic carbocycles. The number of carbonyl (C=O) groups excluding carboxylic acids is 6. The zero-order chi connectivity index (χ0) is 28.2. The van der Waals surface area contributed by atoms with Crippen molar-refractivity contribution in [2.75, 3.05) is 78.5 Å². The molecule has 0 fully saturated rings. The summed E-state index contributed by atoms with van der Waals surface area (Å²) >= 11 is 0. The molecule has 6 N–H and O–H groups in total. The van der Waals surface area contributed by atoms with Crippen molar-refractivity contribution >= 4 is 35.8 Å². The van der Waals surface area contributed by atoms with Gasteiger partial charge in [-0.2, -0.15) is 0 Å². The van der Waals surface area contributed by atoms with Crippen LogP contribution in [0.15, 0.2) is 0 Å². The van der Waals surface area contributed by atoms with Gasteiger partial charge in [-0.25, -0.2) is 0 Å². The molecule has 0 aliphatic heterocycles. The topological polar surface area (TPSA) is 313 Å². The van der Waals surface area contributed by atoms with E-state index in [9.17, 15) is 59.4 Å². The summed E-state index contributed by atoms with van der Waals surface area (Å²) in [5.74, 6) is -7.11. The summed E-state index contributed by atoms with van der Waals surface area (Å²) in [7, 11) is 0. The van der Waals surface area contributed by atoms with Crippen molar-refractivity contribution < 1.29 is 93.5 Å². The van der Waals surface area contributed by atoms with E-state index in [4.69, 9.17) is 0 Å². The average Bonchev–Trinajstić information content (AvgIpc) is 2.75. The second-order valence-electron chi connectivity index (χ2n) is 6.29. The Kier molecular flexibility index (Phi) is 41.5. The Morgan fingerprint density at radius 3 is 0.500 bits per heavy atom. The third-order valence-corrected chi connectivity index (χ3v) is 3.05. The molecule has 0 saturated carbocycles. The molecule has 0 heterocycles. The number of aliphatic carboxylic acids is 6. The van der Waals surface area contributed by atoms with Crippen molar-refractivity contribution in [3.63, 3.8) is 0 Å². The van der Waals surface area contributed by atoms with Crippen molar-refractivity contribution in [1.29, 1.82) is 0 Å². The third kappa shape index (κ3) is 59.0. The first-order valence-corrected chi connectivity index (χ1v) is 10.3. The largest absolute Gasteiger partial charge is 3.00 e. The number of hydrogen-bond acceptors (Lipinski definition) is 18. The summed E-state index contributed by atoms with van der Waals surface area (Å²) in [6, 6.07) is 0. The number of carbonyl (C=O) groups is 6. The molecule has 0 bridgehead atoms. The Labute approximate surface area is 239 Å². The first-order chi connectivity index (χ1) is 16.9. The third-order valence-electron chi connectivity index (χ3n) is 3.05. The molecule has 0 aromatic rings. The van der Waals surface area contributed by atoms with Crippen LogP contribution in [0.5, 0.6) is 0 Å². The SMILES string of the molecule is O=C([O-])CNCCNCC(=O)[O-].O=C([O-])CNCCNCC(=O)[O-].O=C([O-])CNCCNCC(=O)[O-].[Fe+3].[Fe+3]. The van der Waals surface area contributed by atoms with Gasteiger partial charge < -0.3 is 91.3 Å². The zero-order valence-corrected chi connectivity index (χ0v) is 22.3. The molecule has 18 nitrogen and oxygen atoms in total. The van der Waals surface area contributed by atoms with Crippen LogP contribution < -0.4 is 62.5 Å². The second kappa shape index (κ2) is 34.6. The van der Waals surface area contributed by atoms with Crippen molar-refractivity contribution in [1.82, 2.24) is 31.9 Å². The smallest absolute Gasteiger partial charge is 0.549 e. The summed E-state index contributed by atoms with van der Waals surface area (Å²) < 4.78 is 0.